The minimum Gasteiger partial charge on any atom is -0.313 e. The van der Waals surface area contributed by atoms with Gasteiger partial charge in [-0.05, 0) is 62.2 Å². The van der Waals surface area contributed by atoms with Crippen molar-refractivity contribution >= 4 is 0 Å². The van der Waals surface area contributed by atoms with Crippen molar-refractivity contribution in [3.63, 3.8) is 0 Å². The average Bonchev–Trinajstić information content (AvgIpc) is 2.78. The molecule has 0 spiro atoms. The van der Waals surface area contributed by atoms with Crippen LogP contribution in [-0.4, -0.2) is 11.3 Å². The van der Waals surface area contributed by atoms with Crippen LogP contribution in [0, 0.1) is 11.8 Å². The molecule has 8 N–H and O–H groups in total. The predicted octanol–water partition coefficient (Wildman–Crippen LogP) is 4.44. The average molecular weight is 411 g/mol. The molecule has 0 aromatic heterocycles. The number of benzene rings is 1. The topological polar surface area (TPSA) is 104 Å². The number of hydrogen-bond donors (Lipinski definition) is 4. The molecule has 4 rings (SSSR count). The van der Waals surface area contributed by atoms with Crippen molar-refractivity contribution in [2.75, 3.05) is 0 Å². The summed E-state index contributed by atoms with van der Waals surface area (Å²) in [4.78, 5) is 0. The molecule has 2 fully saturated rings. The van der Waals surface area contributed by atoms with Crippen LogP contribution in [0.15, 0.2) is 54.6 Å². The van der Waals surface area contributed by atoms with E-state index in [-0.39, 0.29) is 11.1 Å². The van der Waals surface area contributed by atoms with Gasteiger partial charge in [0.05, 0.1) is 5.66 Å². The lowest BCUT2D eigenvalue weighted by atomic mass is 9.70. The van der Waals surface area contributed by atoms with Gasteiger partial charge in [0.1, 0.15) is 5.66 Å². The molecule has 1 aromatic rings. The standard InChI is InChI=1S/C13H16N2.C13H26N2/c1-12(11-5-3-2-4-6-11)7-9-13(14,15)10-8-12;14-13(15,11-7-3-1-4-8-11)12-9-5-2-6-10-12/h2-10H,14-15H2,1H3;11-12H,1-10,14-15H2. The van der Waals surface area contributed by atoms with E-state index in [1.807, 2.05) is 30.4 Å². The molecule has 2 saturated carbocycles. The molecule has 166 valence electrons. The Kier molecular flexibility index (Phi) is 7.56. The molecular formula is C26H42N4. The van der Waals surface area contributed by atoms with Gasteiger partial charge in [-0.25, -0.2) is 0 Å². The van der Waals surface area contributed by atoms with Crippen molar-refractivity contribution < 1.29 is 0 Å². The van der Waals surface area contributed by atoms with Crippen molar-refractivity contribution in [2.45, 2.75) is 87.9 Å². The second-order valence-electron chi connectivity index (χ2n) is 9.99. The third kappa shape index (κ3) is 5.82. The lowest BCUT2D eigenvalue weighted by Crippen LogP contribution is -2.61. The first-order chi connectivity index (χ1) is 14.2. The Morgan fingerprint density at radius 3 is 1.57 bits per heavy atom. The highest BCUT2D eigenvalue weighted by Gasteiger charge is 2.39. The number of allylic oxidation sites excluding steroid dienone is 2. The maximum Gasteiger partial charge on any atom is 0.102 e. The third-order valence-electron chi connectivity index (χ3n) is 7.46. The Balaban J connectivity index is 0.000000171. The number of rotatable bonds is 3. The van der Waals surface area contributed by atoms with Crippen molar-refractivity contribution in [3.05, 3.63) is 60.2 Å². The lowest BCUT2D eigenvalue weighted by molar-refractivity contribution is 0.111. The van der Waals surface area contributed by atoms with Crippen LogP contribution in [0.5, 0.6) is 0 Å². The fourth-order valence-electron chi connectivity index (χ4n) is 5.27. The van der Waals surface area contributed by atoms with Crippen LogP contribution in [0.25, 0.3) is 0 Å². The molecule has 0 bridgehead atoms. The zero-order valence-corrected chi connectivity index (χ0v) is 18.7. The summed E-state index contributed by atoms with van der Waals surface area (Å²) in [6.45, 7) is 2.14. The molecule has 0 unspecified atom stereocenters. The molecule has 0 amide bonds. The molecule has 1 aromatic carbocycles. The summed E-state index contributed by atoms with van der Waals surface area (Å²) in [5.41, 5.74) is 24.4. The zero-order valence-electron chi connectivity index (χ0n) is 18.7. The van der Waals surface area contributed by atoms with Crippen molar-refractivity contribution in [3.8, 4) is 0 Å². The fourth-order valence-corrected chi connectivity index (χ4v) is 5.27. The van der Waals surface area contributed by atoms with Crippen molar-refractivity contribution in [2.24, 2.45) is 34.8 Å². The Labute approximate surface area is 183 Å². The van der Waals surface area contributed by atoms with E-state index < -0.39 is 5.66 Å². The molecule has 30 heavy (non-hydrogen) atoms. The van der Waals surface area contributed by atoms with Gasteiger partial charge in [-0.3, -0.25) is 0 Å². The third-order valence-corrected chi connectivity index (χ3v) is 7.46. The van der Waals surface area contributed by atoms with Gasteiger partial charge in [-0.1, -0.05) is 81.0 Å². The molecule has 4 nitrogen and oxygen atoms in total. The summed E-state index contributed by atoms with van der Waals surface area (Å²) < 4.78 is 0. The second-order valence-corrected chi connectivity index (χ2v) is 9.99. The normalized spacial score (nSPS) is 24.2. The van der Waals surface area contributed by atoms with E-state index in [2.05, 4.69) is 31.2 Å². The van der Waals surface area contributed by atoms with Crippen LogP contribution in [0.2, 0.25) is 0 Å². The minimum absolute atomic E-state index is 0.0938. The molecular weight excluding hydrogens is 368 g/mol. The Morgan fingerprint density at radius 2 is 1.13 bits per heavy atom. The van der Waals surface area contributed by atoms with Gasteiger partial charge in [0.15, 0.2) is 0 Å². The van der Waals surface area contributed by atoms with Gasteiger partial charge in [0, 0.05) is 5.41 Å². The van der Waals surface area contributed by atoms with E-state index in [9.17, 15) is 0 Å². The van der Waals surface area contributed by atoms with Crippen LogP contribution in [0.3, 0.4) is 0 Å². The number of hydrogen-bond acceptors (Lipinski definition) is 4. The fraction of sp³-hybridized carbons (Fsp3) is 0.615. The van der Waals surface area contributed by atoms with Gasteiger partial charge in [-0.2, -0.15) is 0 Å². The SMILES string of the molecule is CC1(c2ccccc2)C=CC(N)(N)C=C1.NC(N)(C1CCCCC1)C1CCCCC1. The molecule has 3 aliphatic rings. The van der Waals surface area contributed by atoms with Gasteiger partial charge in [0.25, 0.3) is 0 Å². The van der Waals surface area contributed by atoms with Gasteiger partial charge >= 0.3 is 0 Å². The molecule has 0 atom stereocenters. The highest BCUT2D eigenvalue weighted by atomic mass is 15.0. The van der Waals surface area contributed by atoms with Gasteiger partial charge < -0.3 is 22.9 Å². The summed E-state index contributed by atoms with van der Waals surface area (Å²) in [5.74, 6) is 1.18. The maximum atomic E-state index is 6.44. The van der Waals surface area contributed by atoms with Crippen LogP contribution >= 0.6 is 0 Å². The summed E-state index contributed by atoms with van der Waals surface area (Å²) in [6.07, 6.45) is 21.0. The van der Waals surface area contributed by atoms with Gasteiger partial charge in [-0.15, -0.1) is 0 Å². The van der Waals surface area contributed by atoms with Crippen LogP contribution in [0.4, 0.5) is 0 Å². The van der Waals surface area contributed by atoms with E-state index >= 15 is 0 Å². The predicted molar refractivity (Wildman–Crippen MR) is 127 cm³/mol. The van der Waals surface area contributed by atoms with E-state index in [0.717, 1.165) is 0 Å². The van der Waals surface area contributed by atoms with Crippen LogP contribution in [0.1, 0.15) is 76.7 Å². The Bertz CT molecular complexity index is 672. The monoisotopic (exact) mass is 410 g/mol. The molecule has 4 heteroatoms. The highest BCUT2D eigenvalue weighted by Crippen LogP contribution is 2.38. The summed E-state index contributed by atoms with van der Waals surface area (Å²) in [5, 5.41) is 0. The number of nitrogens with two attached hydrogens (primary N) is 4. The molecule has 0 aliphatic heterocycles. The first-order valence-electron chi connectivity index (χ1n) is 11.8. The second kappa shape index (κ2) is 9.78. The summed E-state index contributed by atoms with van der Waals surface area (Å²) in [7, 11) is 0. The minimum atomic E-state index is -0.797. The first kappa shape index (κ1) is 23.2. The first-order valence-corrected chi connectivity index (χ1v) is 11.8. The van der Waals surface area contributed by atoms with E-state index in [1.54, 1.807) is 0 Å². The summed E-state index contributed by atoms with van der Waals surface area (Å²) >= 11 is 0. The quantitative estimate of drug-likeness (QED) is 0.436. The lowest BCUT2D eigenvalue weighted by Gasteiger charge is -2.44. The van der Waals surface area contributed by atoms with E-state index in [1.165, 1.54) is 69.8 Å². The van der Waals surface area contributed by atoms with E-state index in [4.69, 9.17) is 22.9 Å². The van der Waals surface area contributed by atoms with Crippen LogP contribution < -0.4 is 22.9 Å². The Morgan fingerprint density at radius 1 is 0.700 bits per heavy atom. The highest BCUT2D eigenvalue weighted by molar-refractivity contribution is 5.40. The van der Waals surface area contributed by atoms with Crippen molar-refractivity contribution in [1.29, 1.82) is 0 Å². The molecule has 0 heterocycles. The van der Waals surface area contributed by atoms with E-state index in [0.29, 0.717) is 11.8 Å². The molecule has 3 aliphatic carbocycles. The Hall–Kier alpha value is -1.46. The maximum absolute atomic E-state index is 6.44. The van der Waals surface area contributed by atoms with Crippen molar-refractivity contribution in [1.82, 2.24) is 0 Å². The van der Waals surface area contributed by atoms with Gasteiger partial charge in [0.2, 0.25) is 0 Å². The van der Waals surface area contributed by atoms with Crippen LogP contribution in [-0.2, 0) is 5.41 Å². The zero-order chi connectivity index (χ0) is 21.7. The summed E-state index contributed by atoms with van der Waals surface area (Å²) in [6, 6.07) is 10.3. The molecule has 0 saturated heterocycles. The molecule has 0 radical (unpaired) electrons. The largest absolute Gasteiger partial charge is 0.313 e. The smallest absolute Gasteiger partial charge is 0.102 e.